The first kappa shape index (κ1) is 20.4. The molecule has 1 amide bonds. The van der Waals surface area contributed by atoms with E-state index in [2.05, 4.69) is 11.6 Å². The zero-order chi connectivity index (χ0) is 20.1. The van der Waals surface area contributed by atoms with Gasteiger partial charge >= 0.3 is 0 Å². The molecular formula is C21H26N2O4S. The standard InChI is InChI=1S/C21H26N2O4S/c1-3-4-16-5-9-19(10-6-16)28(25,26)22-18-8-11-20-17(15-18)7-12-21(24)23(20)13-14-27-2/h5-6,8-11,15,22H,3-4,7,12-14H2,1-2H3. The Balaban J connectivity index is 1.80. The lowest BCUT2D eigenvalue weighted by Crippen LogP contribution is -2.37. The molecule has 150 valence electrons. The normalized spacial score (nSPS) is 14.1. The smallest absolute Gasteiger partial charge is 0.261 e. The van der Waals surface area contributed by atoms with E-state index in [9.17, 15) is 13.2 Å². The number of sulfonamides is 1. The first-order valence-electron chi connectivity index (χ1n) is 9.48. The fourth-order valence-electron chi connectivity index (χ4n) is 3.39. The SMILES string of the molecule is CCCc1ccc(S(=O)(=O)Nc2ccc3c(c2)CCC(=O)N3CCOC)cc1. The van der Waals surface area contributed by atoms with E-state index in [-0.39, 0.29) is 10.8 Å². The number of fused-ring (bicyclic) bond motifs is 1. The fraction of sp³-hybridized carbons (Fsp3) is 0.381. The van der Waals surface area contributed by atoms with Gasteiger partial charge < -0.3 is 9.64 Å². The predicted octanol–water partition coefficient (Wildman–Crippen LogP) is 3.37. The average molecular weight is 403 g/mol. The molecule has 2 aromatic carbocycles. The Bertz CT molecular complexity index is 939. The molecule has 0 aromatic heterocycles. The number of aryl methyl sites for hydroxylation is 2. The number of carbonyl (C=O) groups is 1. The monoisotopic (exact) mass is 402 g/mol. The lowest BCUT2D eigenvalue weighted by Gasteiger charge is -2.29. The molecule has 0 saturated carbocycles. The topological polar surface area (TPSA) is 75.7 Å². The van der Waals surface area contributed by atoms with Crippen molar-refractivity contribution in [1.82, 2.24) is 0 Å². The molecule has 3 rings (SSSR count). The molecule has 0 atom stereocenters. The van der Waals surface area contributed by atoms with Gasteiger partial charge in [0.05, 0.1) is 11.5 Å². The van der Waals surface area contributed by atoms with Gasteiger partial charge in [0.25, 0.3) is 10.0 Å². The Morgan fingerprint density at radius 3 is 2.54 bits per heavy atom. The number of nitrogens with one attached hydrogen (secondary N) is 1. The maximum atomic E-state index is 12.7. The zero-order valence-corrected chi connectivity index (χ0v) is 17.1. The molecule has 6 nitrogen and oxygen atoms in total. The highest BCUT2D eigenvalue weighted by atomic mass is 32.2. The van der Waals surface area contributed by atoms with Gasteiger partial charge in [0, 0.05) is 31.5 Å². The van der Waals surface area contributed by atoms with Crippen LogP contribution in [0.5, 0.6) is 0 Å². The van der Waals surface area contributed by atoms with Crippen molar-refractivity contribution in [2.45, 2.75) is 37.5 Å². The minimum absolute atomic E-state index is 0.0602. The van der Waals surface area contributed by atoms with Crippen LogP contribution in [0.3, 0.4) is 0 Å². The molecule has 0 saturated heterocycles. The molecule has 0 fully saturated rings. The third-order valence-corrected chi connectivity index (χ3v) is 6.22. The van der Waals surface area contributed by atoms with Crippen LogP contribution in [0.15, 0.2) is 47.4 Å². The highest BCUT2D eigenvalue weighted by Gasteiger charge is 2.24. The number of amides is 1. The van der Waals surface area contributed by atoms with Crippen molar-refractivity contribution in [1.29, 1.82) is 0 Å². The van der Waals surface area contributed by atoms with E-state index >= 15 is 0 Å². The molecule has 2 aromatic rings. The van der Waals surface area contributed by atoms with Crippen LogP contribution in [-0.4, -0.2) is 34.6 Å². The summed E-state index contributed by atoms with van der Waals surface area (Å²) < 4.78 is 33.1. The van der Waals surface area contributed by atoms with Crippen LogP contribution in [0.25, 0.3) is 0 Å². The summed E-state index contributed by atoms with van der Waals surface area (Å²) in [6.45, 7) is 3.03. The number of hydrogen-bond donors (Lipinski definition) is 1. The van der Waals surface area contributed by atoms with Crippen molar-refractivity contribution < 1.29 is 17.9 Å². The van der Waals surface area contributed by atoms with Gasteiger partial charge in [-0.15, -0.1) is 0 Å². The second kappa shape index (κ2) is 8.75. The van der Waals surface area contributed by atoms with E-state index in [1.807, 2.05) is 18.2 Å². The third kappa shape index (κ3) is 4.54. The molecule has 1 heterocycles. The first-order chi connectivity index (χ1) is 13.4. The molecule has 28 heavy (non-hydrogen) atoms. The van der Waals surface area contributed by atoms with Gasteiger partial charge in [-0.2, -0.15) is 0 Å². The number of rotatable bonds is 8. The molecule has 1 aliphatic heterocycles. The minimum Gasteiger partial charge on any atom is -0.383 e. The van der Waals surface area contributed by atoms with Crippen LogP contribution < -0.4 is 9.62 Å². The van der Waals surface area contributed by atoms with Crippen LogP contribution in [0.4, 0.5) is 11.4 Å². The molecule has 0 spiro atoms. The van der Waals surface area contributed by atoms with Crippen molar-refractivity contribution in [2.24, 2.45) is 0 Å². The number of nitrogens with zero attached hydrogens (tertiary/aromatic N) is 1. The van der Waals surface area contributed by atoms with Gasteiger partial charge in [-0.1, -0.05) is 25.5 Å². The van der Waals surface area contributed by atoms with Crippen molar-refractivity contribution in [3.8, 4) is 0 Å². The largest absolute Gasteiger partial charge is 0.383 e. The second-order valence-corrected chi connectivity index (χ2v) is 8.56. The van der Waals surface area contributed by atoms with E-state index in [4.69, 9.17) is 4.74 Å². The van der Waals surface area contributed by atoms with Gasteiger partial charge in [0.2, 0.25) is 5.91 Å². The van der Waals surface area contributed by atoms with Gasteiger partial charge in [-0.05, 0) is 54.3 Å². The summed E-state index contributed by atoms with van der Waals surface area (Å²) in [5, 5.41) is 0. The van der Waals surface area contributed by atoms with E-state index in [0.717, 1.165) is 29.7 Å². The summed E-state index contributed by atoms with van der Waals surface area (Å²) in [5.74, 6) is 0.0602. The van der Waals surface area contributed by atoms with Crippen molar-refractivity contribution in [3.05, 3.63) is 53.6 Å². The molecule has 0 unspecified atom stereocenters. The van der Waals surface area contributed by atoms with Crippen LogP contribution in [0.2, 0.25) is 0 Å². The maximum absolute atomic E-state index is 12.7. The first-order valence-corrected chi connectivity index (χ1v) is 11.0. The van der Waals surface area contributed by atoms with Crippen LogP contribution in [-0.2, 0) is 32.4 Å². The van der Waals surface area contributed by atoms with Gasteiger partial charge in [0.1, 0.15) is 0 Å². The lowest BCUT2D eigenvalue weighted by molar-refractivity contribution is -0.119. The van der Waals surface area contributed by atoms with Gasteiger partial charge in [0.15, 0.2) is 0 Å². The quantitative estimate of drug-likeness (QED) is 0.735. The number of methoxy groups -OCH3 is 1. The lowest BCUT2D eigenvalue weighted by atomic mass is 10.0. The van der Waals surface area contributed by atoms with Crippen molar-refractivity contribution in [3.63, 3.8) is 0 Å². The molecule has 0 aliphatic carbocycles. The molecule has 1 aliphatic rings. The molecule has 1 N–H and O–H groups in total. The summed E-state index contributed by atoms with van der Waals surface area (Å²) in [7, 11) is -2.06. The summed E-state index contributed by atoms with van der Waals surface area (Å²) in [4.78, 5) is 14.1. The summed E-state index contributed by atoms with van der Waals surface area (Å²) in [6.07, 6.45) is 2.95. The zero-order valence-electron chi connectivity index (χ0n) is 16.3. The third-order valence-electron chi connectivity index (χ3n) is 4.82. The van der Waals surface area contributed by atoms with Gasteiger partial charge in [-0.3, -0.25) is 9.52 Å². The molecule has 0 bridgehead atoms. The fourth-order valence-corrected chi connectivity index (χ4v) is 4.44. The average Bonchev–Trinajstić information content (AvgIpc) is 2.68. The Kier molecular flexibility index (Phi) is 6.36. The van der Waals surface area contributed by atoms with E-state index < -0.39 is 10.0 Å². The Morgan fingerprint density at radius 1 is 1.11 bits per heavy atom. The highest BCUT2D eigenvalue weighted by molar-refractivity contribution is 7.92. The maximum Gasteiger partial charge on any atom is 0.261 e. The van der Waals surface area contributed by atoms with Gasteiger partial charge in [-0.25, -0.2) is 8.42 Å². The molecule has 0 radical (unpaired) electrons. The number of anilines is 2. The van der Waals surface area contributed by atoms with Crippen LogP contribution in [0.1, 0.15) is 30.9 Å². The van der Waals surface area contributed by atoms with E-state index in [1.165, 1.54) is 0 Å². The summed E-state index contributed by atoms with van der Waals surface area (Å²) in [6, 6.07) is 12.3. The van der Waals surface area contributed by atoms with Crippen molar-refractivity contribution >= 4 is 27.3 Å². The predicted molar refractivity (Wildman–Crippen MR) is 110 cm³/mol. The Labute approximate surface area is 166 Å². The number of benzene rings is 2. The number of carbonyl (C=O) groups excluding carboxylic acids is 1. The highest BCUT2D eigenvalue weighted by Crippen LogP contribution is 2.31. The second-order valence-electron chi connectivity index (χ2n) is 6.88. The van der Waals surface area contributed by atoms with Crippen molar-refractivity contribution in [2.75, 3.05) is 29.9 Å². The van der Waals surface area contributed by atoms with Crippen LogP contribution in [0, 0.1) is 0 Å². The molecule has 7 heteroatoms. The van der Waals surface area contributed by atoms with Crippen LogP contribution >= 0.6 is 0 Å². The van der Waals surface area contributed by atoms with E-state index in [1.54, 1.807) is 36.3 Å². The Hall–Kier alpha value is -2.38. The summed E-state index contributed by atoms with van der Waals surface area (Å²) >= 11 is 0. The number of ether oxygens (including phenoxy) is 1. The minimum atomic E-state index is -3.66. The van der Waals surface area contributed by atoms with E-state index in [0.29, 0.717) is 31.7 Å². The molecular weight excluding hydrogens is 376 g/mol. The Morgan fingerprint density at radius 2 is 1.86 bits per heavy atom. The number of hydrogen-bond acceptors (Lipinski definition) is 4. The summed E-state index contributed by atoms with van der Waals surface area (Å²) in [5.41, 5.74) is 3.39.